The van der Waals surface area contributed by atoms with Gasteiger partial charge in [-0.05, 0) is 11.8 Å². The molecule has 0 radical (unpaired) electrons. The van der Waals surface area contributed by atoms with Crippen LogP contribution in [0, 0.1) is 11.8 Å². The number of carbonyl (C=O) groups is 1. The van der Waals surface area contributed by atoms with Gasteiger partial charge >= 0.3 is 5.69 Å². The van der Waals surface area contributed by atoms with Gasteiger partial charge in [-0.15, -0.1) is 0 Å². The van der Waals surface area contributed by atoms with Crippen molar-refractivity contribution >= 4 is 15.9 Å². The van der Waals surface area contributed by atoms with Crippen LogP contribution in [0.1, 0.15) is 20.3 Å². The summed E-state index contributed by atoms with van der Waals surface area (Å²) in [6.45, 7) is 4.94. The van der Waals surface area contributed by atoms with Crippen molar-refractivity contribution in [3.05, 3.63) is 33.1 Å². The maximum absolute atomic E-state index is 12.4. The Morgan fingerprint density at radius 2 is 2.04 bits per heavy atom. The van der Waals surface area contributed by atoms with Crippen molar-refractivity contribution in [1.82, 2.24) is 19.2 Å². The van der Waals surface area contributed by atoms with Crippen LogP contribution in [-0.2, 0) is 21.4 Å². The van der Waals surface area contributed by atoms with Gasteiger partial charge in [0.05, 0.1) is 6.26 Å². The number of amides is 1. The molecule has 9 nitrogen and oxygen atoms in total. The van der Waals surface area contributed by atoms with Crippen LogP contribution in [0.4, 0.5) is 0 Å². The third kappa shape index (κ3) is 5.27. The number of rotatable bonds is 6. The summed E-state index contributed by atoms with van der Waals surface area (Å²) < 4.78 is 26.9. The second-order valence-corrected chi connectivity index (χ2v) is 8.54. The van der Waals surface area contributed by atoms with Crippen molar-refractivity contribution in [2.24, 2.45) is 11.8 Å². The number of aromatic nitrogens is 2. The van der Waals surface area contributed by atoms with Crippen molar-refractivity contribution < 1.29 is 13.2 Å². The Morgan fingerprint density at radius 1 is 1.36 bits per heavy atom. The third-order valence-corrected chi connectivity index (χ3v) is 5.13. The molecule has 2 heterocycles. The molecule has 140 valence electrons. The van der Waals surface area contributed by atoms with E-state index >= 15 is 0 Å². The molecule has 0 unspecified atom stereocenters. The zero-order chi connectivity index (χ0) is 18.8. The van der Waals surface area contributed by atoms with Gasteiger partial charge in [0.1, 0.15) is 0 Å². The molecule has 1 fully saturated rings. The largest absolute Gasteiger partial charge is 0.341 e. The van der Waals surface area contributed by atoms with Gasteiger partial charge in [0, 0.05) is 44.4 Å². The Labute approximate surface area is 146 Å². The number of carbonyl (C=O) groups excluding carboxylic acids is 1. The lowest BCUT2D eigenvalue weighted by molar-refractivity contribution is -0.130. The molecule has 0 aliphatic carbocycles. The molecule has 2 atom stereocenters. The van der Waals surface area contributed by atoms with Crippen LogP contribution in [0.2, 0.25) is 0 Å². The van der Waals surface area contributed by atoms with Crippen LogP contribution in [-0.4, -0.2) is 54.2 Å². The van der Waals surface area contributed by atoms with E-state index in [1.54, 1.807) is 4.90 Å². The number of hydrogen-bond acceptors (Lipinski definition) is 5. The first-order valence-electron chi connectivity index (χ1n) is 8.11. The number of nitrogens with zero attached hydrogens (tertiary/aromatic N) is 2. The Morgan fingerprint density at radius 3 is 2.60 bits per heavy atom. The zero-order valence-corrected chi connectivity index (χ0v) is 15.4. The van der Waals surface area contributed by atoms with E-state index in [-0.39, 0.29) is 36.8 Å². The molecule has 2 rings (SSSR count). The van der Waals surface area contributed by atoms with E-state index in [1.165, 1.54) is 16.8 Å². The van der Waals surface area contributed by atoms with Crippen LogP contribution < -0.4 is 16.0 Å². The predicted octanol–water partition coefficient (Wildman–Crippen LogP) is -1.04. The minimum absolute atomic E-state index is 0.0366. The van der Waals surface area contributed by atoms with Gasteiger partial charge in [-0.3, -0.25) is 14.6 Å². The Kier molecular flexibility index (Phi) is 5.83. The SMILES string of the molecule is CC(C)[C@@H]1CN(C(=O)CCn2ccc(=O)[nH]c2=O)C[C@H]1NS(C)(=O)=O. The molecule has 1 aliphatic rings. The predicted molar refractivity (Wildman–Crippen MR) is 92.6 cm³/mol. The van der Waals surface area contributed by atoms with Gasteiger partial charge in [-0.1, -0.05) is 13.8 Å². The molecule has 1 amide bonds. The number of aryl methyl sites for hydroxylation is 1. The fraction of sp³-hybridized carbons (Fsp3) is 0.667. The number of sulfonamides is 1. The molecule has 10 heteroatoms. The lowest BCUT2D eigenvalue weighted by Gasteiger charge is -2.21. The molecular weight excluding hydrogens is 348 g/mol. The summed E-state index contributed by atoms with van der Waals surface area (Å²) in [5.74, 6) is 0.106. The van der Waals surface area contributed by atoms with Crippen molar-refractivity contribution in [3.63, 3.8) is 0 Å². The summed E-state index contributed by atoms with van der Waals surface area (Å²) in [5.41, 5.74) is -1.04. The fourth-order valence-electron chi connectivity index (χ4n) is 3.10. The molecule has 0 aromatic carbocycles. The summed E-state index contributed by atoms with van der Waals surface area (Å²) in [5, 5.41) is 0. The molecular formula is C15H24N4O5S. The molecule has 2 N–H and O–H groups in total. The smallest absolute Gasteiger partial charge is 0.328 e. The first-order chi connectivity index (χ1) is 11.6. The first-order valence-corrected chi connectivity index (χ1v) is 10.0. The standard InChI is InChI=1S/C15H24N4O5S/c1-10(2)11-8-19(9-12(11)17-25(3,23)24)14(21)5-7-18-6-4-13(20)16-15(18)22/h4,6,10-12,17H,5,7-9H2,1-3H3,(H,16,20,22)/t11-,12+/m0/s1. The van der Waals surface area contributed by atoms with Gasteiger partial charge in [0.2, 0.25) is 15.9 Å². The van der Waals surface area contributed by atoms with E-state index in [4.69, 9.17) is 0 Å². The van der Waals surface area contributed by atoms with E-state index in [0.717, 1.165) is 6.26 Å². The van der Waals surface area contributed by atoms with Gasteiger partial charge in [0.15, 0.2) is 0 Å². The molecule has 1 aromatic rings. The van der Waals surface area contributed by atoms with E-state index < -0.39 is 21.3 Å². The van der Waals surface area contributed by atoms with Crippen molar-refractivity contribution in [1.29, 1.82) is 0 Å². The summed E-state index contributed by atoms with van der Waals surface area (Å²) >= 11 is 0. The normalized spacial score (nSPS) is 21.0. The molecule has 1 aromatic heterocycles. The number of aromatic amines is 1. The Hall–Kier alpha value is -1.94. The van der Waals surface area contributed by atoms with Crippen molar-refractivity contribution in [2.75, 3.05) is 19.3 Å². The molecule has 1 saturated heterocycles. The van der Waals surface area contributed by atoms with Crippen molar-refractivity contribution in [3.8, 4) is 0 Å². The lowest BCUT2D eigenvalue weighted by Crippen LogP contribution is -2.41. The van der Waals surface area contributed by atoms with E-state index in [2.05, 4.69) is 9.71 Å². The average molecular weight is 372 g/mol. The Balaban J connectivity index is 2.02. The van der Waals surface area contributed by atoms with E-state index in [1.807, 2.05) is 13.8 Å². The number of H-pyrrole nitrogens is 1. The monoisotopic (exact) mass is 372 g/mol. The van der Waals surface area contributed by atoms with Crippen LogP contribution >= 0.6 is 0 Å². The second-order valence-electron chi connectivity index (χ2n) is 6.76. The number of hydrogen-bond donors (Lipinski definition) is 2. The minimum atomic E-state index is -3.36. The first kappa shape index (κ1) is 19.4. The number of likely N-dealkylation sites (tertiary alicyclic amines) is 1. The molecule has 0 spiro atoms. The summed E-state index contributed by atoms with van der Waals surface area (Å²) in [4.78, 5) is 38.9. The second kappa shape index (κ2) is 7.52. The third-order valence-electron chi connectivity index (χ3n) is 4.40. The van der Waals surface area contributed by atoms with Crippen LogP contribution in [0.15, 0.2) is 21.9 Å². The van der Waals surface area contributed by atoms with Crippen LogP contribution in [0.5, 0.6) is 0 Å². The molecule has 1 aliphatic heterocycles. The minimum Gasteiger partial charge on any atom is -0.341 e. The summed E-state index contributed by atoms with van der Waals surface area (Å²) in [6.07, 6.45) is 2.56. The Bertz CT molecular complexity index is 842. The van der Waals surface area contributed by atoms with Crippen LogP contribution in [0.25, 0.3) is 0 Å². The highest BCUT2D eigenvalue weighted by atomic mass is 32.2. The molecule has 0 saturated carbocycles. The van der Waals surface area contributed by atoms with Gasteiger partial charge in [-0.2, -0.15) is 0 Å². The molecule has 25 heavy (non-hydrogen) atoms. The van der Waals surface area contributed by atoms with E-state index in [0.29, 0.717) is 13.1 Å². The highest BCUT2D eigenvalue weighted by molar-refractivity contribution is 7.88. The topological polar surface area (TPSA) is 121 Å². The van der Waals surface area contributed by atoms with Gasteiger partial charge in [0.25, 0.3) is 5.56 Å². The number of nitrogens with one attached hydrogen (secondary N) is 2. The van der Waals surface area contributed by atoms with Crippen molar-refractivity contribution in [2.45, 2.75) is 32.9 Å². The molecule has 0 bridgehead atoms. The summed E-state index contributed by atoms with van der Waals surface area (Å²) in [6, 6.07) is 0.914. The average Bonchev–Trinajstić information content (AvgIpc) is 2.88. The summed E-state index contributed by atoms with van der Waals surface area (Å²) in [7, 11) is -3.36. The maximum atomic E-state index is 12.4. The van der Waals surface area contributed by atoms with E-state index in [9.17, 15) is 22.8 Å². The lowest BCUT2D eigenvalue weighted by atomic mass is 9.92. The highest BCUT2D eigenvalue weighted by Crippen LogP contribution is 2.25. The van der Waals surface area contributed by atoms with Gasteiger partial charge in [-0.25, -0.2) is 17.9 Å². The van der Waals surface area contributed by atoms with Gasteiger partial charge < -0.3 is 9.47 Å². The van der Waals surface area contributed by atoms with Crippen LogP contribution in [0.3, 0.4) is 0 Å². The fourth-order valence-corrected chi connectivity index (χ4v) is 3.90. The quantitative estimate of drug-likeness (QED) is 0.661. The maximum Gasteiger partial charge on any atom is 0.328 e. The zero-order valence-electron chi connectivity index (χ0n) is 14.6. The highest BCUT2D eigenvalue weighted by Gasteiger charge is 2.37.